The number of hydrogen-bond donors (Lipinski definition) is 1. The first-order valence-electron chi connectivity index (χ1n) is 11.6. The second kappa shape index (κ2) is 10.8. The number of nitrogens with zero attached hydrogens (tertiary/aromatic N) is 3. The second-order valence-electron chi connectivity index (χ2n) is 9.03. The number of carbonyl (C=O) groups excluding carboxylic acids is 2. The van der Waals surface area contributed by atoms with Gasteiger partial charge >= 0.3 is 12.4 Å². The average molecular weight is 570 g/mol. The van der Waals surface area contributed by atoms with Crippen molar-refractivity contribution in [2.45, 2.75) is 39.3 Å². The predicted octanol–water partition coefficient (Wildman–Crippen LogP) is 3.68. The number of fused-ring (bicyclic) bond motifs is 1. The summed E-state index contributed by atoms with van der Waals surface area (Å²) in [5.41, 5.74) is 1.10. The lowest BCUT2D eigenvalue weighted by atomic mass is 10.1. The van der Waals surface area contributed by atoms with Gasteiger partial charge in [0.05, 0.1) is 28.8 Å². The van der Waals surface area contributed by atoms with Gasteiger partial charge < -0.3 is 14.9 Å². The number of carbonyl (C=O) groups is 2. The first-order valence-corrected chi connectivity index (χ1v) is 11.6. The third-order valence-corrected chi connectivity index (χ3v) is 6.55. The Hall–Kier alpha value is -4.20. The fraction of sp³-hybridized carbons (Fsp3) is 0.308. The van der Waals surface area contributed by atoms with Gasteiger partial charge in [0.2, 0.25) is 0 Å². The minimum absolute atomic E-state index is 0.116. The quantitative estimate of drug-likeness (QED) is 0.382. The highest BCUT2D eigenvalue weighted by atomic mass is 19.4. The number of halogens is 6. The van der Waals surface area contributed by atoms with Crippen LogP contribution in [0.3, 0.4) is 0 Å². The van der Waals surface area contributed by atoms with Crippen LogP contribution in [0.15, 0.2) is 46.0 Å². The number of pyridine rings is 2. The van der Waals surface area contributed by atoms with Crippen molar-refractivity contribution < 1.29 is 35.9 Å². The minimum atomic E-state index is -4.77. The fourth-order valence-corrected chi connectivity index (χ4v) is 4.14. The molecule has 1 aromatic carbocycles. The molecule has 14 heteroatoms. The molecule has 0 radical (unpaired) electrons. The number of alkyl halides is 6. The Morgan fingerprint density at radius 1 is 0.700 bits per heavy atom. The van der Waals surface area contributed by atoms with Crippen molar-refractivity contribution in [3.05, 3.63) is 102 Å². The number of aromatic nitrogens is 2. The van der Waals surface area contributed by atoms with Gasteiger partial charge in [0, 0.05) is 43.2 Å². The van der Waals surface area contributed by atoms with Crippen LogP contribution < -0.4 is 16.9 Å². The highest BCUT2D eigenvalue weighted by molar-refractivity contribution is 6.21. The lowest BCUT2D eigenvalue weighted by molar-refractivity contribution is -0.139. The Morgan fingerprint density at radius 3 is 1.45 bits per heavy atom. The molecule has 1 aliphatic rings. The van der Waals surface area contributed by atoms with E-state index in [0.717, 1.165) is 21.3 Å². The predicted molar refractivity (Wildman–Crippen MR) is 131 cm³/mol. The van der Waals surface area contributed by atoms with Crippen LogP contribution in [-0.4, -0.2) is 25.8 Å². The monoisotopic (exact) mass is 570 g/mol. The molecular weight excluding hydrogens is 546 g/mol. The zero-order valence-corrected chi connectivity index (χ0v) is 21.7. The SMILES string of the molecule is Cc1cc(C(F)(F)F)c(CN)c(=O)n1C.Cc1cc(C(F)(F)F)c(CN2C(=O)c3ccccc3C2=O)c(=O)n1C. The molecule has 3 aromatic rings. The van der Waals surface area contributed by atoms with Crippen molar-refractivity contribution in [3.63, 3.8) is 0 Å². The van der Waals surface area contributed by atoms with Gasteiger partial charge in [0.25, 0.3) is 22.9 Å². The zero-order valence-electron chi connectivity index (χ0n) is 21.7. The molecule has 2 amide bonds. The summed E-state index contributed by atoms with van der Waals surface area (Å²) in [7, 11) is 2.75. The van der Waals surface area contributed by atoms with Gasteiger partial charge in [0.15, 0.2) is 0 Å². The maximum Gasteiger partial charge on any atom is 0.417 e. The molecule has 0 bridgehead atoms. The molecular formula is C26H24F6N4O4. The van der Waals surface area contributed by atoms with Crippen LogP contribution in [0, 0.1) is 13.8 Å². The fourth-order valence-electron chi connectivity index (χ4n) is 4.14. The molecule has 2 aromatic heterocycles. The van der Waals surface area contributed by atoms with E-state index in [1.54, 1.807) is 12.1 Å². The van der Waals surface area contributed by atoms with Gasteiger partial charge in [-0.25, -0.2) is 0 Å². The number of aryl methyl sites for hydroxylation is 2. The maximum atomic E-state index is 13.3. The lowest BCUT2D eigenvalue weighted by Crippen LogP contribution is -2.36. The molecule has 4 rings (SSSR count). The third-order valence-electron chi connectivity index (χ3n) is 6.55. The molecule has 214 valence electrons. The molecule has 0 saturated carbocycles. The van der Waals surface area contributed by atoms with E-state index in [1.807, 2.05) is 0 Å². The smallest absolute Gasteiger partial charge is 0.326 e. The van der Waals surface area contributed by atoms with E-state index in [1.165, 1.54) is 40.1 Å². The summed E-state index contributed by atoms with van der Waals surface area (Å²) in [4.78, 5) is 49.2. The average Bonchev–Trinajstić information content (AvgIpc) is 3.11. The summed E-state index contributed by atoms with van der Waals surface area (Å²) >= 11 is 0. The van der Waals surface area contributed by atoms with Crippen LogP contribution in [0.4, 0.5) is 26.3 Å². The van der Waals surface area contributed by atoms with Crippen molar-refractivity contribution in [1.29, 1.82) is 0 Å². The van der Waals surface area contributed by atoms with Crippen LogP contribution in [0.25, 0.3) is 0 Å². The summed E-state index contributed by atoms with van der Waals surface area (Å²) in [6.07, 6.45) is -9.31. The molecule has 2 N–H and O–H groups in total. The summed E-state index contributed by atoms with van der Waals surface area (Å²) in [6.45, 7) is 1.68. The standard InChI is InChI=1S/C17H13F3N2O3.C9H11F3N2O/c1-9-7-13(17(18,19)20)12(14(23)21(9)2)8-22-15(24)10-5-3-4-6-11(10)16(22)25;1-5-3-7(9(10,11)12)6(4-13)8(15)14(5)2/h3-7H,8H2,1-2H3;3H,4,13H2,1-2H3. The highest BCUT2D eigenvalue weighted by Gasteiger charge is 2.40. The molecule has 1 aliphatic heterocycles. The van der Waals surface area contributed by atoms with E-state index in [2.05, 4.69) is 0 Å². The molecule has 3 heterocycles. The molecule has 0 spiro atoms. The van der Waals surface area contributed by atoms with E-state index in [-0.39, 0.29) is 22.5 Å². The van der Waals surface area contributed by atoms with E-state index < -0.39 is 70.6 Å². The number of hydrogen-bond acceptors (Lipinski definition) is 5. The number of rotatable bonds is 3. The summed E-state index contributed by atoms with van der Waals surface area (Å²) in [5, 5.41) is 0. The lowest BCUT2D eigenvalue weighted by Gasteiger charge is -2.19. The van der Waals surface area contributed by atoms with Crippen molar-refractivity contribution in [1.82, 2.24) is 14.0 Å². The molecule has 0 aliphatic carbocycles. The zero-order chi connectivity index (χ0) is 30.3. The van der Waals surface area contributed by atoms with Crippen LogP contribution in [0.2, 0.25) is 0 Å². The van der Waals surface area contributed by atoms with Crippen LogP contribution >= 0.6 is 0 Å². The highest BCUT2D eigenvalue weighted by Crippen LogP contribution is 2.33. The normalized spacial score (nSPS) is 13.3. The van der Waals surface area contributed by atoms with Gasteiger partial charge in [-0.3, -0.25) is 24.1 Å². The second-order valence-corrected chi connectivity index (χ2v) is 9.03. The van der Waals surface area contributed by atoms with Crippen molar-refractivity contribution in [2.75, 3.05) is 0 Å². The third kappa shape index (κ3) is 5.57. The number of amides is 2. The number of benzene rings is 1. The van der Waals surface area contributed by atoms with Crippen LogP contribution in [0.1, 0.15) is 54.4 Å². The van der Waals surface area contributed by atoms with Gasteiger partial charge in [-0.15, -0.1) is 0 Å². The van der Waals surface area contributed by atoms with Gasteiger partial charge in [-0.05, 0) is 38.1 Å². The van der Waals surface area contributed by atoms with Crippen LogP contribution in [0.5, 0.6) is 0 Å². The van der Waals surface area contributed by atoms with Crippen molar-refractivity contribution >= 4 is 11.8 Å². The topological polar surface area (TPSA) is 107 Å². The minimum Gasteiger partial charge on any atom is -0.326 e. The number of nitrogens with two attached hydrogens (primary N) is 1. The van der Waals surface area contributed by atoms with Crippen LogP contribution in [-0.2, 0) is 39.5 Å². The van der Waals surface area contributed by atoms with Crippen molar-refractivity contribution in [3.8, 4) is 0 Å². The van der Waals surface area contributed by atoms with Gasteiger partial charge in [-0.2, -0.15) is 26.3 Å². The van der Waals surface area contributed by atoms with Crippen molar-refractivity contribution in [2.24, 2.45) is 19.8 Å². The van der Waals surface area contributed by atoms with E-state index in [9.17, 15) is 45.5 Å². The Labute approximate surface area is 223 Å². The Kier molecular flexibility index (Phi) is 8.16. The Morgan fingerprint density at radius 2 is 1.07 bits per heavy atom. The molecule has 40 heavy (non-hydrogen) atoms. The summed E-state index contributed by atoms with van der Waals surface area (Å²) in [5.74, 6) is -1.42. The van der Waals surface area contributed by atoms with E-state index in [0.29, 0.717) is 4.90 Å². The summed E-state index contributed by atoms with van der Waals surface area (Å²) in [6, 6.07) is 7.73. The first kappa shape index (κ1) is 30.3. The Bertz CT molecular complexity index is 1580. The molecule has 0 saturated heterocycles. The first-order chi connectivity index (χ1) is 18.4. The maximum absolute atomic E-state index is 13.3. The summed E-state index contributed by atoms with van der Waals surface area (Å²) < 4.78 is 79.8. The molecule has 0 atom stereocenters. The molecule has 0 fully saturated rings. The van der Waals surface area contributed by atoms with Gasteiger partial charge in [-0.1, -0.05) is 12.1 Å². The van der Waals surface area contributed by atoms with E-state index in [4.69, 9.17) is 5.73 Å². The van der Waals surface area contributed by atoms with E-state index >= 15 is 0 Å². The molecule has 0 unspecified atom stereocenters. The Balaban J connectivity index is 0.000000252. The largest absolute Gasteiger partial charge is 0.417 e. The van der Waals surface area contributed by atoms with Gasteiger partial charge in [0.1, 0.15) is 0 Å². The molecule has 8 nitrogen and oxygen atoms in total. The number of imide groups is 1.